The van der Waals surface area contributed by atoms with Gasteiger partial charge in [0.05, 0.1) is 6.61 Å². The quantitative estimate of drug-likeness (QED) is 0.294. The Morgan fingerprint density at radius 3 is 2.07 bits per heavy atom. The van der Waals surface area contributed by atoms with Crippen molar-refractivity contribution in [2.24, 2.45) is 23.7 Å². The average molecular weight is 409 g/mol. The molecule has 0 aliphatic heterocycles. The van der Waals surface area contributed by atoms with Crippen molar-refractivity contribution in [2.75, 3.05) is 6.61 Å². The summed E-state index contributed by atoms with van der Waals surface area (Å²) in [4.78, 5) is 0. The molecule has 0 spiro atoms. The Bertz CT molecular complexity index is 633. The van der Waals surface area contributed by atoms with Gasteiger partial charge in [-0.1, -0.05) is 70.6 Å². The maximum Gasteiger partial charge on any atom is 0.119 e. The van der Waals surface area contributed by atoms with E-state index in [9.17, 15) is 0 Å². The van der Waals surface area contributed by atoms with E-state index < -0.39 is 0 Å². The van der Waals surface area contributed by atoms with Crippen LogP contribution >= 0.6 is 0 Å². The summed E-state index contributed by atoms with van der Waals surface area (Å²) >= 11 is 0. The highest BCUT2D eigenvalue weighted by Crippen LogP contribution is 2.42. The summed E-state index contributed by atoms with van der Waals surface area (Å²) < 4.78 is 5.66. The van der Waals surface area contributed by atoms with E-state index in [0.717, 1.165) is 42.1 Å². The molecule has 1 aromatic rings. The van der Waals surface area contributed by atoms with Gasteiger partial charge in [-0.25, -0.2) is 0 Å². The average Bonchev–Trinajstić information content (AvgIpc) is 2.81. The van der Waals surface area contributed by atoms with Gasteiger partial charge >= 0.3 is 0 Å². The van der Waals surface area contributed by atoms with E-state index in [4.69, 9.17) is 4.74 Å². The molecule has 2 aliphatic carbocycles. The lowest BCUT2D eigenvalue weighted by molar-refractivity contribution is 0.153. The van der Waals surface area contributed by atoms with Crippen molar-refractivity contribution in [3.63, 3.8) is 0 Å². The predicted octanol–water partition coefficient (Wildman–Crippen LogP) is 8.41. The van der Waals surface area contributed by atoms with Crippen LogP contribution in [-0.2, 0) is 0 Å². The monoisotopic (exact) mass is 408 g/mol. The van der Waals surface area contributed by atoms with E-state index in [1.54, 1.807) is 0 Å². The standard InChI is InChI=1S/C29H44O/c1-3-5-6-7-8-24-11-17-27(18-12-24)28-19-13-25(14-20-28)9-10-26-15-21-29(22-16-26)30-23-4-2/h15-16,21-22,24-25,27-28H,3-8,11-14,17-20,23H2,1-2H3. The number of unbranched alkanes of at least 4 members (excludes halogenated alkanes) is 3. The molecule has 0 unspecified atom stereocenters. The number of hydrogen-bond acceptors (Lipinski definition) is 1. The molecule has 2 aliphatic rings. The fourth-order valence-corrected chi connectivity index (χ4v) is 5.58. The van der Waals surface area contributed by atoms with Crippen LogP contribution in [0.3, 0.4) is 0 Å². The molecular formula is C29H44O. The smallest absolute Gasteiger partial charge is 0.119 e. The van der Waals surface area contributed by atoms with Gasteiger partial charge in [-0.3, -0.25) is 0 Å². The molecular weight excluding hydrogens is 364 g/mol. The van der Waals surface area contributed by atoms with Crippen LogP contribution in [0.1, 0.15) is 109 Å². The Morgan fingerprint density at radius 1 is 0.767 bits per heavy atom. The molecule has 1 heteroatoms. The Hall–Kier alpha value is -1.42. The second-order valence-corrected chi connectivity index (χ2v) is 9.88. The zero-order valence-electron chi connectivity index (χ0n) is 19.6. The van der Waals surface area contributed by atoms with Crippen LogP contribution in [-0.4, -0.2) is 6.61 Å². The number of benzene rings is 1. The molecule has 1 aromatic carbocycles. The van der Waals surface area contributed by atoms with Crippen molar-refractivity contribution in [1.29, 1.82) is 0 Å². The zero-order chi connectivity index (χ0) is 21.0. The first-order valence-electron chi connectivity index (χ1n) is 13.0. The molecule has 0 amide bonds. The third-order valence-corrected chi connectivity index (χ3v) is 7.54. The lowest BCUT2D eigenvalue weighted by Crippen LogP contribution is -2.25. The van der Waals surface area contributed by atoms with E-state index in [1.807, 2.05) is 0 Å². The van der Waals surface area contributed by atoms with Crippen molar-refractivity contribution in [2.45, 2.75) is 104 Å². The van der Waals surface area contributed by atoms with Gasteiger partial charge in [0.1, 0.15) is 5.75 Å². The minimum absolute atomic E-state index is 0.604. The first kappa shape index (κ1) is 23.2. The summed E-state index contributed by atoms with van der Waals surface area (Å²) in [7, 11) is 0. The van der Waals surface area contributed by atoms with Gasteiger partial charge in [0.25, 0.3) is 0 Å². The Morgan fingerprint density at radius 2 is 1.43 bits per heavy atom. The van der Waals surface area contributed by atoms with Crippen molar-refractivity contribution >= 4 is 0 Å². The second-order valence-electron chi connectivity index (χ2n) is 9.88. The molecule has 166 valence electrons. The van der Waals surface area contributed by atoms with E-state index in [2.05, 4.69) is 50.0 Å². The van der Waals surface area contributed by atoms with E-state index in [0.29, 0.717) is 5.92 Å². The number of ether oxygens (including phenoxy) is 1. The molecule has 0 saturated heterocycles. The lowest BCUT2D eigenvalue weighted by atomic mass is 9.69. The largest absolute Gasteiger partial charge is 0.494 e. The van der Waals surface area contributed by atoms with Crippen molar-refractivity contribution in [1.82, 2.24) is 0 Å². The molecule has 0 atom stereocenters. The van der Waals surface area contributed by atoms with Crippen LogP contribution in [0.2, 0.25) is 0 Å². The topological polar surface area (TPSA) is 9.23 Å². The predicted molar refractivity (Wildman–Crippen MR) is 129 cm³/mol. The van der Waals surface area contributed by atoms with Gasteiger partial charge < -0.3 is 4.74 Å². The van der Waals surface area contributed by atoms with Gasteiger partial charge in [0, 0.05) is 11.5 Å². The summed E-state index contributed by atoms with van der Waals surface area (Å²) in [6.45, 7) is 5.23. The molecule has 30 heavy (non-hydrogen) atoms. The third-order valence-electron chi connectivity index (χ3n) is 7.54. The molecule has 2 saturated carbocycles. The summed E-state index contributed by atoms with van der Waals surface area (Å²) in [5.41, 5.74) is 1.12. The van der Waals surface area contributed by atoms with E-state index >= 15 is 0 Å². The van der Waals surface area contributed by atoms with Crippen molar-refractivity contribution < 1.29 is 4.74 Å². The summed E-state index contributed by atoms with van der Waals surface area (Å²) in [5.74, 6) is 11.6. The van der Waals surface area contributed by atoms with Crippen LogP contribution in [0.5, 0.6) is 5.75 Å². The molecule has 0 N–H and O–H groups in total. The fraction of sp³-hybridized carbons (Fsp3) is 0.724. The Balaban J connectivity index is 1.35. The highest BCUT2D eigenvalue weighted by atomic mass is 16.5. The molecule has 2 fully saturated rings. The van der Waals surface area contributed by atoms with Crippen molar-refractivity contribution in [3.05, 3.63) is 29.8 Å². The van der Waals surface area contributed by atoms with E-state index in [-0.39, 0.29) is 0 Å². The van der Waals surface area contributed by atoms with Crippen LogP contribution in [0, 0.1) is 35.5 Å². The molecule has 0 heterocycles. The van der Waals surface area contributed by atoms with E-state index in [1.165, 1.54) is 83.5 Å². The normalized spacial score (nSPS) is 26.6. The van der Waals surface area contributed by atoms with Gasteiger partial charge in [-0.15, -0.1) is 0 Å². The highest BCUT2D eigenvalue weighted by molar-refractivity contribution is 5.38. The van der Waals surface area contributed by atoms with Gasteiger partial charge in [-0.2, -0.15) is 0 Å². The first-order valence-corrected chi connectivity index (χ1v) is 13.0. The molecule has 1 nitrogen and oxygen atoms in total. The summed E-state index contributed by atoms with van der Waals surface area (Å²) in [6.07, 6.45) is 19.7. The van der Waals surface area contributed by atoms with Gasteiger partial charge in [-0.05, 0) is 87.0 Å². The Kier molecular flexibility index (Phi) is 10.1. The SMILES string of the molecule is CCCCCCC1CCC(C2CCC(C#Cc3ccc(OCCC)cc3)CC2)CC1. The molecule has 0 aromatic heterocycles. The fourth-order valence-electron chi connectivity index (χ4n) is 5.58. The number of hydrogen-bond donors (Lipinski definition) is 0. The maximum atomic E-state index is 5.66. The van der Waals surface area contributed by atoms with Gasteiger partial charge in [0.15, 0.2) is 0 Å². The van der Waals surface area contributed by atoms with Crippen LogP contribution < -0.4 is 4.74 Å². The minimum atomic E-state index is 0.604. The molecule has 0 bridgehead atoms. The maximum absolute atomic E-state index is 5.66. The lowest BCUT2D eigenvalue weighted by Gasteiger charge is -2.37. The van der Waals surface area contributed by atoms with Gasteiger partial charge in [0.2, 0.25) is 0 Å². The Labute approximate surface area is 186 Å². The van der Waals surface area contributed by atoms with Crippen LogP contribution in [0.4, 0.5) is 0 Å². The summed E-state index contributed by atoms with van der Waals surface area (Å²) in [6, 6.07) is 8.31. The highest BCUT2D eigenvalue weighted by Gasteiger charge is 2.30. The molecule has 0 radical (unpaired) electrons. The molecule has 3 rings (SSSR count). The first-order chi connectivity index (χ1) is 14.8. The summed E-state index contributed by atoms with van der Waals surface area (Å²) in [5, 5.41) is 0. The van der Waals surface area contributed by atoms with Crippen LogP contribution in [0.15, 0.2) is 24.3 Å². The zero-order valence-corrected chi connectivity index (χ0v) is 19.6. The minimum Gasteiger partial charge on any atom is -0.494 e. The van der Waals surface area contributed by atoms with Crippen molar-refractivity contribution in [3.8, 4) is 17.6 Å². The second kappa shape index (κ2) is 13.1. The third kappa shape index (κ3) is 7.68. The van der Waals surface area contributed by atoms with Crippen LogP contribution in [0.25, 0.3) is 0 Å². The number of rotatable bonds is 9.